The van der Waals surface area contributed by atoms with Crippen molar-refractivity contribution in [3.63, 3.8) is 0 Å². The zero-order valence-corrected chi connectivity index (χ0v) is 16.7. The average molecular weight is 368 g/mol. The van der Waals surface area contributed by atoms with Gasteiger partial charge < -0.3 is 15.4 Å². The molecule has 0 saturated carbocycles. The second kappa shape index (κ2) is 9.21. The smallest absolute Gasteiger partial charge is 0.258 e. The maximum absolute atomic E-state index is 12.3. The van der Waals surface area contributed by atoms with E-state index in [1.807, 2.05) is 32.9 Å². The molecule has 0 saturated heterocycles. The van der Waals surface area contributed by atoms with E-state index in [1.54, 1.807) is 12.1 Å². The largest absolute Gasteiger partial charge is 0.483 e. The molecule has 0 unspecified atom stereocenters. The van der Waals surface area contributed by atoms with Crippen LogP contribution in [0, 0.1) is 20.8 Å². The zero-order valence-electron chi connectivity index (χ0n) is 16.7. The fourth-order valence-electron chi connectivity index (χ4n) is 2.82. The number of hydrogen-bond donors (Lipinski definition) is 2. The van der Waals surface area contributed by atoms with Crippen molar-refractivity contribution >= 4 is 11.8 Å². The molecule has 0 fully saturated rings. The van der Waals surface area contributed by atoms with Gasteiger partial charge in [-0.1, -0.05) is 30.3 Å². The van der Waals surface area contributed by atoms with Crippen molar-refractivity contribution < 1.29 is 14.3 Å². The molecule has 2 N–H and O–H groups in total. The van der Waals surface area contributed by atoms with Gasteiger partial charge in [-0.3, -0.25) is 9.59 Å². The van der Waals surface area contributed by atoms with Crippen LogP contribution in [0.3, 0.4) is 0 Å². The van der Waals surface area contributed by atoms with E-state index in [0.29, 0.717) is 17.9 Å². The standard InChI is InChI=1S/C22H28N2O3/c1-6-23-22(26)19-9-7-8-15(3)21(19)27-13-20(25)24-17(5)18-11-10-14(2)16(4)12-18/h7-12,17H,6,13H2,1-5H3,(H,23,26)(H,24,25)/t17-/m0/s1. The number of carbonyl (C=O) groups is 2. The zero-order chi connectivity index (χ0) is 20.0. The van der Waals surface area contributed by atoms with Gasteiger partial charge in [0.15, 0.2) is 6.61 Å². The van der Waals surface area contributed by atoms with Gasteiger partial charge in [-0.05, 0) is 62.9 Å². The maximum Gasteiger partial charge on any atom is 0.258 e. The number of benzene rings is 2. The van der Waals surface area contributed by atoms with Crippen LogP contribution in [0.25, 0.3) is 0 Å². The van der Waals surface area contributed by atoms with Crippen LogP contribution < -0.4 is 15.4 Å². The summed E-state index contributed by atoms with van der Waals surface area (Å²) in [6.45, 7) is 10.1. The minimum atomic E-state index is -0.231. The Kier molecular flexibility index (Phi) is 6.99. The number of ether oxygens (including phenoxy) is 1. The van der Waals surface area contributed by atoms with Crippen molar-refractivity contribution in [3.8, 4) is 5.75 Å². The Labute approximate surface area is 161 Å². The molecule has 0 aliphatic rings. The molecule has 1 atom stereocenters. The van der Waals surface area contributed by atoms with Gasteiger partial charge in [0.1, 0.15) is 5.75 Å². The highest BCUT2D eigenvalue weighted by atomic mass is 16.5. The number of rotatable bonds is 7. The van der Waals surface area contributed by atoms with Crippen LogP contribution in [0.4, 0.5) is 0 Å². The van der Waals surface area contributed by atoms with Crippen molar-refractivity contribution in [1.82, 2.24) is 10.6 Å². The molecule has 0 bridgehead atoms. The summed E-state index contributed by atoms with van der Waals surface area (Å²) >= 11 is 0. The van der Waals surface area contributed by atoms with E-state index in [-0.39, 0.29) is 24.5 Å². The Morgan fingerprint density at radius 3 is 2.44 bits per heavy atom. The van der Waals surface area contributed by atoms with Crippen molar-refractivity contribution in [2.24, 2.45) is 0 Å². The first-order chi connectivity index (χ1) is 12.8. The first kappa shape index (κ1) is 20.5. The van der Waals surface area contributed by atoms with Crippen LogP contribution >= 0.6 is 0 Å². The molecule has 0 aliphatic carbocycles. The van der Waals surface area contributed by atoms with Gasteiger partial charge in [-0.15, -0.1) is 0 Å². The highest BCUT2D eigenvalue weighted by Gasteiger charge is 2.16. The van der Waals surface area contributed by atoms with E-state index in [4.69, 9.17) is 4.74 Å². The van der Waals surface area contributed by atoms with Crippen molar-refractivity contribution in [2.45, 2.75) is 40.7 Å². The predicted molar refractivity (Wildman–Crippen MR) is 107 cm³/mol. The molecular weight excluding hydrogens is 340 g/mol. The number of para-hydroxylation sites is 1. The van der Waals surface area contributed by atoms with Crippen molar-refractivity contribution in [3.05, 3.63) is 64.2 Å². The highest BCUT2D eigenvalue weighted by molar-refractivity contribution is 5.97. The molecule has 0 spiro atoms. The number of amides is 2. The summed E-state index contributed by atoms with van der Waals surface area (Å²) in [7, 11) is 0. The summed E-state index contributed by atoms with van der Waals surface area (Å²) < 4.78 is 5.70. The molecule has 0 aliphatic heterocycles. The number of aryl methyl sites for hydroxylation is 3. The summed E-state index contributed by atoms with van der Waals surface area (Å²) in [5, 5.41) is 5.70. The normalized spacial score (nSPS) is 11.6. The molecule has 2 aromatic carbocycles. The molecule has 27 heavy (non-hydrogen) atoms. The lowest BCUT2D eigenvalue weighted by atomic mass is 10.0. The molecule has 0 radical (unpaired) electrons. The van der Waals surface area contributed by atoms with Gasteiger partial charge in [0.25, 0.3) is 11.8 Å². The van der Waals surface area contributed by atoms with Gasteiger partial charge in [0, 0.05) is 6.54 Å². The third-order valence-corrected chi connectivity index (χ3v) is 4.55. The first-order valence-electron chi connectivity index (χ1n) is 9.20. The molecule has 2 rings (SSSR count). The lowest BCUT2D eigenvalue weighted by Crippen LogP contribution is -2.32. The predicted octanol–water partition coefficient (Wildman–Crippen LogP) is 3.62. The van der Waals surface area contributed by atoms with E-state index in [1.165, 1.54) is 11.1 Å². The van der Waals surface area contributed by atoms with Gasteiger partial charge >= 0.3 is 0 Å². The van der Waals surface area contributed by atoms with Gasteiger partial charge in [0.05, 0.1) is 11.6 Å². The fraction of sp³-hybridized carbons (Fsp3) is 0.364. The minimum absolute atomic E-state index is 0.125. The molecule has 144 valence electrons. The van der Waals surface area contributed by atoms with Gasteiger partial charge in [-0.25, -0.2) is 0 Å². The summed E-state index contributed by atoms with van der Waals surface area (Å²) in [6.07, 6.45) is 0. The Balaban J connectivity index is 2.03. The molecule has 0 heterocycles. The van der Waals surface area contributed by atoms with E-state index in [0.717, 1.165) is 11.1 Å². The topological polar surface area (TPSA) is 67.4 Å². The van der Waals surface area contributed by atoms with E-state index in [9.17, 15) is 9.59 Å². The Morgan fingerprint density at radius 2 is 1.78 bits per heavy atom. The van der Waals surface area contributed by atoms with Crippen molar-refractivity contribution in [1.29, 1.82) is 0 Å². The van der Waals surface area contributed by atoms with Crippen LogP contribution in [0.2, 0.25) is 0 Å². The number of nitrogens with one attached hydrogen (secondary N) is 2. The van der Waals surface area contributed by atoms with Crippen LogP contribution in [0.5, 0.6) is 5.75 Å². The second-order valence-corrected chi connectivity index (χ2v) is 6.73. The van der Waals surface area contributed by atoms with Crippen molar-refractivity contribution in [2.75, 3.05) is 13.2 Å². The minimum Gasteiger partial charge on any atom is -0.483 e. The quantitative estimate of drug-likeness (QED) is 0.784. The molecule has 5 nitrogen and oxygen atoms in total. The summed E-state index contributed by atoms with van der Waals surface area (Å²) in [6, 6.07) is 11.4. The SMILES string of the molecule is CCNC(=O)c1cccc(C)c1OCC(=O)N[C@@H](C)c1ccc(C)c(C)c1. The molecule has 0 aromatic heterocycles. The first-order valence-corrected chi connectivity index (χ1v) is 9.20. The van der Waals surface area contributed by atoms with E-state index < -0.39 is 0 Å². The van der Waals surface area contributed by atoms with Crippen LogP contribution in [-0.2, 0) is 4.79 Å². The molecule has 2 amide bonds. The van der Waals surface area contributed by atoms with Crippen LogP contribution in [-0.4, -0.2) is 25.0 Å². The summed E-state index contributed by atoms with van der Waals surface area (Å²) in [5.41, 5.74) is 4.71. The lowest BCUT2D eigenvalue weighted by Gasteiger charge is -2.17. The van der Waals surface area contributed by atoms with Crippen LogP contribution in [0.15, 0.2) is 36.4 Å². The Bertz CT molecular complexity index is 830. The van der Waals surface area contributed by atoms with Crippen LogP contribution in [0.1, 0.15) is 52.5 Å². The number of carbonyl (C=O) groups excluding carboxylic acids is 2. The molecular formula is C22H28N2O3. The highest BCUT2D eigenvalue weighted by Crippen LogP contribution is 2.23. The maximum atomic E-state index is 12.3. The third kappa shape index (κ3) is 5.33. The third-order valence-electron chi connectivity index (χ3n) is 4.55. The van der Waals surface area contributed by atoms with Gasteiger partial charge in [0.2, 0.25) is 0 Å². The second-order valence-electron chi connectivity index (χ2n) is 6.73. The summed E-state index contributed by atoms with van der Waals surface area (Å²) in [4.78, 5) is 24.5. The van der Waals surface area contributed by atoms with E-state index in [2.05, 4.69) is 36.6 Å². The molecule has 2 aromatic rings. The Morgan fingerprint density at radius 1 is 1.04 bits per heavy atom. The van der Waals surface area contributed by atoms with E-state index >= 15 is 0 Å². The average Bonchev–Trinajstić information content (AvgIpc) is 2.62. The summed E-state index contributed by atoms with van der Waals surface area (Å²) in [5.74, 6) is 0.00312. The Hall–Kier alpha value is -2.82. The fourth-order valence-corrected chi connectivity index (χ4v) is 2.82. The van der Waals surface area contributed by atoms with Gasteiger partial charge in [-0.2, -0.15) is 0 Å². The molecule has 5 heteroatoms. The monoisotopic (exact) mass is 368 g/mol. The number of hydrogen-bond acceptors (Lipinski definition) is 3. The lowest BCUT2D eigenvalue weighted by molar-refractivity contribution is -0.123.